The van der Waals surface area contributed by atoms with Crippen LogP contribution in [0.1, 0.15) is 46.1 Å². The second-order valence-electron chi connectivity index (χ2n) is 9.05. The Hall–Kier alpha value is -3.27. The molecule has 0 radical (unpaired) electrons. The average Bonchev–Trinajstić information content (AvgIpc) is 2.84. The molecule has 9 nitrogen and oxygen atoms in total. The molecule has 204 valence electrons. The van der Waals surface area contributed by atoms with E-state index in [0.717, 1.165) is 11.8 Å². The van der Waals surface area contributed by atoms with Crippen LogP contribution in [0.4, 0.5) is 5.69 Å². The maximum absolute atomic E-state index is 13.4. The fourth-order valence-corrected chi connectivity index (χ4v) is 4.85. The molecule has 2 amide bonds. The van der Waals surface area contributed by atoms with Crippen molar-refractivity contribution < 1.29 is 27.5 Å². The first-order valence-electron chi connectivity index (χ1n) is 12.4. The number of carbonyl (C=O) groups is 2. The normalized spacial score (nSPS) is 12.1. The predicted octanol–water partition coefficient (Wildman–Crippen LogP) is 3.58. The summed E-state index contributed by atoms with van der Waals surface area (Å²) in [6.45, 7) is 7.94. The first-order chi connectivity index (χ1) is 17.5. The van der Waals surface area contributed by atoms with Crippen molar-refractivity contribution in [2.24, 2.45) is 0 Å². The van der Waals surface area contributed by atoms with Gasteiger partial charge in [-0.15, -0.1) is 0 Å². The van der Waals surface area contributed by atoms with Crippen molar-refractivity contribution >= 4 is 27.5 Å². The van der Waals surface area contributed by atoms with Crippen molar-refractivity contribution in [2.75, 3.05) is 30.8 Å². The number of hydrogen-bond donors (Lipinski definition) is 1. The first kappa shape index (κ1) is 30.0. The summed E-state index contributed by atoms with van der Waals surface area (Å²) in [5.41, 5.74) is 1.25. The van der Waals surface area contributed by atoms with Gasteiger partial charge < -0.3 is 19.7 Å². The van der Waals surface area contributed by atoms with Gasteiger partial charge in [-0.2, -0.15) is 0 Å². The van der Waals surface area contributed by atoms with Crippen LogP contribution in [0.2, 0.25) is 0 Å². The van der Waals surface area contributed by atoms with Crippen molar-refractivity contribution in [1.29, 1.82) is 0 Å². The van der Waals surface area contributed by atoms with Gasteiger partial charge in [-0.1, -0.05) is 24.3 Å². The Labute approximate surface area is 220 Å². The van der Waals surface area contributed by atoms with Crippen molar-refractivity contribution in [2.45, 2.75) is 59.2 Å². The number of carbonyl (C=O) groups excluding carboxylic acids is 2. The van der Waals surface area contributed by atoms with E-state index in [9.17, 15) is 18.0 Å². The average molecular weight is 534 g/mol. The third-order valence-electron chi connectivity index (χ3n) is 5.67. The number of nitrogens with zero attached hydrogens (tertiary/aromatic N) is 2. The second kappa shape index (κ2) is 13.9. The Bertz CT molecular complexity index is 1150. The highest BCUT2D eigenvalue weighted by Gasteiger charge is 2.27. The molecule has 37 heavy (non-hydrogen) atoms. The lowest BCUT2D eigenvalue weighted by molar-refractivity contribution is -0.140. The molecule has 0 bridgehead atoms. The topological polar surface area (TPSA) is 105 Å². The van der Waals surface area contributed by atoms with Gasteiger partial charge in [0.25, 0.3) is 0 Å². The van der Waals surface area contributed by atoms with Crippen LogP contribution in [0.5, 0.6) is 11.5 Å². The van der Waals surface area contributed by atoms with Crippen molar-refractivity contribution in [3.05, 3.63) is 54.1 Å². The van der Waals surface area contributed by atoms with Crippen LogP contribution in [0, 0.1) is 0 Å². The van der Waals surface area contributed by atoms with Gasteiger partial charge in [-0.25, -0.2) is 8.42 Å². The minimum absolute atomic E-state index is 0.0616. The van der Waals surface area contributed by atoms with Gasteiger partial charge in [0.2, 0.25) is 21.8 Å². The summed E-state index contributed by atoms with van der Waals surface area (Å²) in [4.78, 5) is 27.7. The van der Waals surface area contributed by atoms with Gasteiger partial charge in [0, 0.05) is 25.6 Å². The van der Waals surface area contributed by atoms with Crippen LogP contribution < -0.4 is 19.1 Å². The van der Waals surface area contributed by atoms with Gasteiger partial charge in [-0.05, 0) is 63.9 Å². The summed E-state index contributed by atoms with van der Waals surface area (Å²) >= 11 is 0. The minimum Gasteiger partial charge on any atom is -0.497 e. The third kappa shape index (κ3) is 8.96. The number of rotatable bonds is 14. The number of para-hydroxylation sites is 2. The summed E-state index contributed by atoms with van der Waals surface area (Å²) < 4.78 is 37.4. The zero-order valence-corrected chi connectivity index (χ0v) is 23.4. The summed E-state index contributed by atoms with van der Waals surface area (Å²) in [7, 11) is -2.06. The fourth-order valence-electron chi connectivity index (χ4n) is 3.88. The molecular formula is C27H39N3O6S. The minimum atomic E-state index is -3.63. The van der Waals surface area contributed by atoms with Crippen LogP contribution >= 0.6 is 0 Å². The highest BCUT2D eigenvalue weighted by molar-refractivity contribution is 7.92. The largest absolute Gasteiger partial charge is 0.497 e. The van der Waals surface area contributed by atoms with Gasteiger partial charge in [0.1, 0.15) is 17.5 Å². The fraction of sp³-hybridized carbons (Fsp3) is 0.481. The van der Waals surface area contributed by atoms with Crippen molar-refractivity contribution in [3.8, 4) is 11.5 Å². The Kier molecular flexibility index (Phi) is 11.2. The maximum Gasteiger partial charge on any atom is 0.242 e. The quantitative estimate of drug-likeness (QED) is 0.398. The smallest absolute Gasteiger partial charge is 0.242 e. The predicted molar refractivity (Wildman–Crippen MR) is 145 cm³/mol. The van der Waals surface area contributed by atoms with E-state index in [1.54, 1.807) is 38.3 Å². The van der Waals surface area contributed by atoms with Crippen LogP contribution in [0.15, 0.2) is 48.5 Å². The second-order valence-corrected chi connectivity index (χ2v) is 11.0. The number of benzene rings is 2. The van der Waals surface area contributed by atoms with E-state index in [1.807, 2.05) is 45.0 Å². The van der Waals surface area contributed by atoms with Gasteiger partial charge in [0.05, 0.1) is 25.7 Å². The molecule has 0 saturated heterocycles. The van der Waals surface area contributed by atoms with Crippen molar-refractivity contribution in [1.82, 2.24) is 10.2 Å². The standard InChI is InChI=1S/C27H39N3O6S/c1-7-36-25-15-9-8-14-24(25)30(37(6,33)34)17-11-16-26(31)29(21(4)27(32)28-20(2)3)19-22-12-10-13-23(18-22)35-5/h8-10,12-15,18,20-21H,7,11,16-17,19H2,1-6H3,(H,28,32)/t21-/m1/s1. The van der Waals surface area contributed by atoms with E-state index >= 15 is 0 Å². The lowest BCUT2D eigenvalue weighted by atomic mass is 10.1. The molecule has 0 spiro atoms. The number of sulfonamides is 1. The number of hydrogen-bond acceptors (Lipinski definition) is 6. The summed E-state index contributed by atoms with van der Waals surface area (Å²) in [5, 5.41) is 2.86. The third-order valence-corrected chi connectivity index (χ3v) is 6.85. The SMILES string of the molecule is CCOc1ccccc1N(CCCC(=O)N(Cc1cccc(OC)c1)[C@H](C)C(=O)NC(C)C)S(C)(=O)=O. The molecule has 2 aromatic carbocycles. The van der Waals surface area contributed by atoms with E-state index in [-0.39, 0.29) is 43.8 Å². The molecule has 0 aromatic heterocycles. The van der Waals surface area contributed by atoms with E-state index in [2.05, 4.69) is 5.32 Å². The number of amides is 2. The molecule has 0 heterocycles. The molecule has 2 aromatic rings. The van der Waals surface area contributed by atoms with Crippen LogP contribution in [-0.4, -0.2) is 63.7 Å². The zero-order valence-electron chi connectivity index (χ0n) is 22.6. The molecular weight excluding hydrogens is 494 g/mol. The molecule has 0 unspecified atom stereocenters. The van der Waals surface area contributed by atoms with Crippen LogP contribution in [0.3, 0.4) is 0 Å². The van der Waals surface area contributed by atoms with E-state index in [4.69, 9.17) is 9.47 Å². The number of methoxy groups -OCH3 is 1. The summed E-state index contributed by atoms with van der Waals surface area (Å²) in [6, 6.07) is 13.5. The van der Waals surface area contributed by atoms with Crippen LogP contribution in [-0.2, 0) is 26.2 Å². The highest BCUT2D eigenvalue weighted by atomic mass is 32.2. The Morgan fingerprint density at radius 3 is 2.38 bits per heavy atom. The Morgan fingerprint density at radius 1 is 1.05 bits per heavy atom. The highest BCUT2D eigenvalue weighted by Crippen LogP contribution is 2.30. The maximum atomic E-state index is 13.4. The van der Waals surface area contributed by atoms with Gasteiger partial charge >= 0.3 is 0 Å². The molecule has 0 aliphatic carbocycles. The van der Waals surface area contributed by atoms with E-state index < -0.39 is 16.1 Å². The molecule has 10 heteroatoms. The van der Waals surface area contributed by atoms with Gasteiger partial charge in [-0.3, -0.25) is 13.9 Å². The lowest BCUT2D eigenvalue weighted by Gasteiger charge is -2.30. The first-order valence-corrected chi connectivity index (χ1v) is 14.2. The molecule has 0 saturated carbocycles. The molecule has 1 atom stereocenters. The monoisotopic (exact) mass is 533 g/mol. The zero-order chi connectivity index (χ0) is 27.6. The molecule has 0 aliphatic heterocycles. The summed E-state index contributed by atoms with van der Waals surface area (Å²) in [5.74, 6) is 0.608. The van der Waals surface area contributed by atoms with E-state index in [1.165, 1.54) is 9.21 Å². The number of nitrogens with one attached hydrogen (secondary N) is 1. The molecule has 2 rings (SSSR count). The van der Waals surface area contributed by atoms with E-state index in [0.29, 0.717) is 23.8 Å². The van der Waals surface area contributed by atoms with Crippen molar-refractivity contribution in [3.63, 3.8) is 0 Å². The van der Waals surface area contributed by atoms with Crippen LogP contribution in [0.25, 0.3) is 0 Å². The molecule has 0 fully saturated rings. The Balaban J connectivity index is 2.22. The Morgan fingerprint density at radius 2 is 1.76 bits per heavy atom. The molecule has 0 aliphatic rings. The number of anilines is 1. The van der Waals surface area contributed by atoms with Gasteiger partial charge in [0.15, 0.2) is 0 Å². The number of ether oxygens (including phenoxy) is 2. The molecule has 1 N–H and O–H groups in total. The lowest BCUT2D eigenvalue weighted by Crippen LogP contribution is -2.49. The summed E-state index contributed by atoms with van der Waals surface area (Å²) in [6.07, 6.45) is 1.45.